The van der Waals surface area contributed by atoms with Crippen molar-refractivity contribution < 1.29 is 9.53 Å². The minimum atomic E-state index is -0.497. The van der Waals surface area contributed by atoms with Gasteiger partial charge < -0.3 is 20.3 Å². The van der Waals surface area contributed by atoms with E-state index in [1.807, 2.05) is 39.8 Å². The summed E-state index contributed by atoms with van der Waals surface area (Å²) in [5.74, 6) is 0. The predicted molar refractivity (Wildman–Crippen MR) is 74.8 cm³/mol. The Morgan fingerprint density at radius 3 is 2.47 bits per heavy atom. The Kier molecular flexibility index (Phi) is 8.12. The molecule has 0 spiro atoms. The lowest BCUT2D eigenvalue weighted by Gasteiger charge is -2.20. The van der Waals surface area contributed by atoms with E-state index in [1.54, 1.807) is 0 Å². The summed E-state index contributed by atoms with van der Waals surface area (Å²) in [5, 5.41) is 14.7. The van der Waals surface area contributed by atoms with Gasteiger partial charge in [0, 0.05) is 19.6 Å². The first-order valence-corrected chi connectivity index (χ1v) is 6.49. The van der Waals surface area contributed by atoms with Crippen molar-refractivity contribution in [1.29, 1.82) is 5.26 Å². The Bertz CT molecular complexity index is 305. The van der Waals surface area contributed by atoms with E-state index in [9.17, 15) is 4.79 Å². The zero-order chi connectivity index (χ0) is 14.9. The lowest BCUT2D eigenvalue weighted by atomic mass is 10.2. The van der Waals surface area contributed by atoms with E-state index in [-0.39, 0.29) is 6.04 Å². The number of hydrogen-bond acceptors (Lipinski definition) is 5. The fraction of sp³-hybridized carbons (Fsp3) is 0.846. The number of likely N-dealkylation sites (N-methyl/N-ethyl adjacent to an activating group) is 1. The highest BCUT2D eigenvalue weighted by Crippen LogP contribution is 2.06. The highest BCUT2D eigenvalue weighted by Gasteiger charge is 2.16. The number of nitrogens with one attached hydrogen (secondary N) is 2. The molecule has 0 saturated carbocycles. The second kappa shape index (κ2) is 8.73. The third kappa shape index (κ3) is 11.5. The quantitative estimate of drug-likeness (QED) is 0.720. The molecule has 6 heteroatoms. The molecule has 0 aliphatic heterocycles. The molecule has 0 aromatic heterocycles. The monoisotopic (exact) mass is 270 g/mol. The maximum absolute atomic E-state index is 11.4. The third-order valence-electron chi connectivity index (χ3n) is 2.21. The van der Waals surface area contributed by atoms with Gasteiger partial charge in [-0.3, -0.25) is 0 Å². The number of ether oxygens (including phenoxy) is 1. The minimum absolute atomic E-state index is 0.255. The second-order valence-corrected chi connectivity index (χ2v) is 5.66. The zero-order valence-corrected chi connectivity index (χ0v) is 12.6. The summed E-state index contributed by atoms with van der Waals surface area (Å²) in [7, 11) is 3.96. The fourth-order valence-corrected chi connectivity index (χ4v) is 1.31. The molecular weight excluding hydrogens is 244 g/mol. The van der Waals surface area contributed by atoms with E-state index < -0.39 is 11.7 Å². The molecule has 0 saturated heterocycles. The largest absolute Gasteiger partial charge is 0.444 e. The molecule has 19 heavy (non-hydrogen) atoms. The number of carbonyl (C=O) groups is 1. The Labute approximate surface area is 116 Å². The molecule has 1 atom stereocenters. The van der Waals surface area contributed by atoms with Crippen LogP contribution in [0.3, 0.4) is 0 Å². The Morgan fingerprint density at radius 2 is 2.00 bits per heavy atom. The van der Waals surface area contributed by atoms with Crippen molar-refractivity contribution in [2.75, 3.05) is 33.7 Å². The molecule has 0 aromatic carbocycles. The van der Waals surface area contributed by atoms with Gasteiger partial charge in [-0.2, -0.15) is 5.26 Å². The van der Waals surface area contributed by atoms with Crippen LogP contribution < -0.4 is 10.6 Å². The smallest absolute Gasteiger partial charge is 0.407 e. The molecule has 0 aromatic rings. The first-order chi connectivity index (χ1) is 8.74. The summed E-state index contributed by atoms with van der Waals surface area (Å²) < 4.78 is 5.11. The van der Waals surface area contributed by atoms with Gasteiger partial charge in [-0.1, -0.05) is 0 Å². The molecule has 1 unspecified atom stereocenters. The van der Waals surface area contributed by atoms with Crippen LogP contribution >= 0.6 is 0 Å². The Morgan fingerprint density at radius 1 is 1.37 bits per heavy atom. The molecule has 0 fully saturated rings. The van der Waals surface area contributed by atoms with Crippen LogP contribution in [0.2, 0.25) is 0 Å². The summed E-state index contributed by atoms with van der Waals surface area (Å²) >= 11 is 0. The van der Waals surface area contributed by atoms with Crippen molar-refractivity contribution in [2.45, 2.75) is 38.8 Å². The number of rotatable bonds is 7. The molecule has 0 bridgehead atoms. The lowest BCUT2D eigenvalue weighted by Crippen LogP contribution is -2.38. The van der Waals surface area contributed by atoms with Crippen LogP contribution in [0.1, 0.15) is 27.2 Å². The van der Waals surface area contributed by atoms with Crippen molar-refractivity contribution in [3.63, 3.8) is 0 Å². The second-order valence-electron chi connectivity index (χ2n) is 5.66. The summed E-state index contributed by atoms with van der Waals surface area (Å²) in [4.78, 5) is 13.4. The lowest BCUT2D eigenvalue weighted by molar-refractivity contribution is 0.0526. The molecule has 0 aliphatic carbocycles. The molecule has 6 nitrogen and oxygen atoms in total. The van der Waals surface area contributed by atoms with Crippen LogP contribution in [0.15, 0.2) is 0 Å². The first kappa shape index (κ1) is 17.7. The third-order valence-corrected chi connectivity index (χ3v) is 2.21. The Balaban J connectivity index is 3.78. The summed E-state index contributed by atoms with van der Waals surface area (Å²) in [6.07, 6.45) is 0.112. The molecule has 0 radical (unpaired) electrons. The van der Waals surface area contributed by atoms with Crippen LogP contribution in [-0.2, 0) is 4.74 Å². The van der Waals surface area contributed by atoms with Crippen molar-refractivity contribution in [2.24, 2.45) is 0 Å². The maximum Gasteiger partial charge on any atom is 0.407 e. The van der Waals surface area contributed by atoms with Gasteiger partial charge in [0.1, 0.15) is 5.60 Å². The predicted octanol–water partition coefficient (Wildman–Crippen LogP) is 0.945. The molecule has 1 amide bonds. The molecule has 2 N–H and O–H groups in total. The molecule has 0 aliphatic rings. The van der Waals surface area contributed by atoms with Crippen LogP contribution in [0.25, 0.3) is 0 Å². The minimum Gasteiger partial charge on any atom is -0.444 e. The average molecular weight is 270 g/mol. The van der Waals surface area contributed by atoms with E-state index in [0.717, 1.165) is 13.1 Å². The first-order valence-electron chi connectivity index (χ1n) is 6.49. The summed E-state index contributed by atoms with van der Waals surface area (Å²) in [6.45, 7) is 7.48. The average Bonchev–Trinajstić information content (AvgIpc) is 2.24. The zero-order valence-electron chi connectivity index (χ0n) is 12.6. The summed E-state index contributed by atoms with van der Waals surface area (Å²) in [5.41, 5.74) is -0.497. The van der Waals surface area contributed by atoms with Crippen molar-refractivity contribution in [1.82, 2.24) is 15.5 Å². The van der Waals surface area contributed by atoms with Gasteiger partial charge >= 0.3 is 6.09 Å². The van der Waals surface area contributed by atoms with Crippen molar-refractivity contribution in [3.05, 3.63) is 0 Å². The normalized spacial score (nSPS) is 12.9. The standard InChI is InChI=1S/C13H26N4O2/c1-13(2,3)19-12(18)16-7-6-11(10-14)15-8-9-17(4)5/h11,15H,6-9H2,1-5H3,(H,16,18). The van der Waals surface area contributed by atoms with E-state index in [4.69, 9.17) is 10.00 Å². The van der Waals surface area contributed by atoms with Crippen LogP contribution in [0.5, 0.6) is 0 Å². The fourth-order valence-electron chi connectivity index (χ4n) is 1.31. The molecule has 0 rings (SSSR count). The van der Waals surface area contributed by atoms with Gasteiger partial charge in [-0.25, -0.2) is 4.79 Å². The van der Waals surface area contributed by atoms with Crippen molar-refractivity contribution >= 4 is 6.09 Å². The van der Waals surface area contributed by atoms with Crippen LogP contribution in [0, 0.1) is 11.3 Å². The molecule has 110 valence electrons. The van der Waals surface area contributed by atoms with E-state index in [1.165, 1.54) is 0 Å². The van der Waals surface area contributed by atoms with Gasteiger partial charge in [0.05, 0.1) is 12.1 Å². The number of nitriles is 1. The van der Waals surface area contributed by atoms with E-state index in [2.05, 4.69) is 16.7 Å². The van der Waals surface area contributed by atoms with Gasteiger partial charge in [-0.15, -0.1) is 0 Å². The van der Waals surface area contributed by atoms with E-state index in [0.29, 0.717) is 13.0 Å². The number of nitrogens with zero attached hydrogens (tertiary/aromatic N) is 2. The van der Waals surface area contributed by atoms with Crippen LogP contribution in [-0.4, -0.2) is 56.4 Å². The SMILES string of the molecule is CN(C)CCNC(C#N)CCNC(=O)OC(C)(C)C. The molecule has 0 heterocycles. The number of carbonyl (C=O) groups excluding carboxylic acids is 1. The Hall–Kier alpha value is -1.32. The topological polar surface area (TPSA) is 77.4 Å². The highest BCUT2D eigenvalue weighted by molar-refractivity contribution is 5.67. The summed E-state index contributed by atoms with van der Waals surface area (Å²) in [6, 6.07) is 1.92. The van der Waals surface area contributed by atoms with Gasteiger partial charge in [0.2, 0.25) is 0 Å². The molecular formula is C13H26N4O2. The van der Waals surface area contributed by atoms with Gasteiger partial charge in [0.25, 0.3) is 0 Å². The van der Waals surface area contributed by atoms with Gasteiger partial charge in [0.15, 0.2) is 0 Å². The number of alkyl carbamates (subject to hydrolysis) is 1. The number of hydrogen-bond donors (Lipinski definition) is 2. The number of amides is 1. The van der Waals surface area contributed by atoms with Crippen molar-refractivity contribution in [3.8, 4) is 6.07 Å². The maximum atomic E-state index is 11.4. The van der Waals surface area contributed by atoms with Crippen LogP contribution in [0.4, 0.5) is 4.79 Å². The van der Waals surface area contributed by atoms with Gasteiger partial charge in [-0.05, 0) is 41.3 Å². The van der Waals surface area contributed by atoms with E-state index >= 15 is 0 Å². The highest BCUT2D eigenvalue weighted by atomic mass is 16.6.